The summed E-state index contributed by atoms with van der Waals surface area (Å²) in [5.74, 6) is 4.03. The molecule has 10 nitrogen and oxygen atoms in total. The van der Waals surface area contributed by atoms with E-state index in [1.807, 2.05) is 32.9 Å². The van der Waals surface area contributed by atoms with E-state index in [4.69, 9.17) is 24.0 Å². The molecule has 2 aromatic rings. The largest absolute Gasteiger partial charge is 0.462 e. The zero-order valence-electron chi connectivity index (χ0n) is 43.4. The molecular formula is C59H85NO9. The number of carbonyl (C=O) groups excluding carboxylic acids is 2. The zero-order chi connectivity index (χ0) is 49.4. The van der Waals surface area contributed by atoms with Gasteiger partial charge >= 0.3 is 23.2 Å². The number of nitrogens with two attached hydrogens (primary N) is 1. The maximum absolute atomic E-state index is 12.6. The van der Waals surface area contributed by atoms with E-state index < -0.39 is 11.6 Å². The number of aliphatic hydroxyl groups is 1. The summed E-state index contributed by atoms with van der Waals surface area (Å²) in [7, 11) is 0. The van der Waals surface area contributed by atoms with Crippen molar-refractivity contribution in [1.82, 2.24) is 0 Å². The molecule has 2 aromatic heterocycles. The van der Waals surface area contributed by atoms with Crippen molar-refractivity contribution in [2.75, 3.05) is 0 Å². The smallest absolute Gasteiger partial charge is 0.335 e. The summed E-state index contributed by atoms with van der Waals surface area (Å²) in [6.07, 6.45) is 23.9. The molecular weight excluding hydrogens is 867 g/mol. The van der Waals surface area contributed by atoms with Gasteiger partial charge in [-0.15, -0.1) is 0 Å². The monoisotopic (exact) mass is 952 g/mol. The lowest BCUT2D eigenvalue weighted by atomic mass is 9.43. The van der Waals surface area contributed by atoms with Gasteiger partial charge in [-0.3, -0.25) is 9.59 Å². The SMILES string of the molecule is CC(C)[C@H](C)C(=O)O[C@H]1CC[C@@]2(C)[C@H](CC[C@@H]3[C@@H]2CC[C@]2(C)[C@@H](c4ccc(=O)oc4)CC[C@]32O)C1.CC(C)[C@H](N)C(=O)O[C@H]1CC[C@@]2(C)[C@H](CC[C@H]3C4=CC[C@H](c5ccc(=O)oc5)[C@@]4(C)CC[C@@H]32)C1. The second-order valence-electron chi connectivity index (χ2n) is 25.6. The minimum atomic E-state index is -0.680. The lowest BCUT2D eigenvalue weighted by Gasteiger charge is -2.63. The first kappa shape index (κ1) is 50.4. The number of ether oxygens (including phenoxy) is 2. The molecule has 7 fully saturated rings. The van der Waals surface area contributed by atoms with Crippen LogP contribution in [0.4, 0.5) is 0 Å². The summed E-state index contributed by atoms with van der Waals surface area (Å²) < 4.78 is 22.3. The molecule has 0 bridgehead atoms. The second-order valence-corrected chi connectivity index (χ2v) is 25.6. The average molecular weight is 952 g/mol. The predicted octanol–water partition coefficient (Wildman–Crippen LogP) is 11.7. The first-order valence-electron chi connectivity index (χ1n) is 27.4. The number of allylic oxidation sites excluding steroid dienone is 2. The van der Waals surface area contributed by atoms with Gasteiger partial charge in [-0.05, 0) is 208 Å². The Balaban J connectivity index is 0.000000172. The Kier molecular flexibility index (Phi) is 13.8. The normalized spacial score (nSPS) is 41.9. The number of rotatable bonds is 8. The fourth-order valence-electron chi connectivity index (χ4n) is 17.2. The third kappa shape index (κ3) is 8.67. The van der Waals surface area contributed by atoms with E-state index in [0.717, 1.165) is 94.6 Å². The molecule has 2 heterocycles. The molecule has 10 rings (SSSR count). The van der Waals surface area contributed by atoms with Gasteiger partial charge in [0.1, 0.15) is 18.2 Å². The summed E-state index contributed by atoms with van der Waals surface area (Å²) in [4.78, 5) is 48.1. The Labute approximate surface area is 411 Å². The van der Waals surface area contributed by atoms with Crippen molar-refractivity contribution in [2.24, 2.45) is 80.7 Å². The number of hydrogen-bond donors (Lipinski definition) is 2. The molecule has 8 aliphatic carbocycles. The van der Waals surface area contributed by atoms with Crippen molar-refractivity contribution in [1.29, 1.82) is 0 Å². The molecule has 3 N–H and O–H groups in total. The maximum Gasteiger partial charge on any atom is 0.335 e. The van der Waals surface area contributed by atoms with Crippen molar-refractivity contribution in [3.05, 3.63) is 80.4 Å². The molecule has 0 amide bonds. The van der Waals surface area contributed by atoms with Crippen molar-refractivity contribution >= 4 is 11.9 Å². The number of fused-ring (bicyclic) bond motifs is 10. The van der Waals surface area contributed by atoms with Crippen LogP contribution in [0.2, 0.25) is 0 Å². The van der Waals surface area contributed by atoms with E-state index in [0.29, 0.717) is 52.8 Å². The summed E-state index contributed by atoms with van der Waals surface area (Å²) in [5, 5.41) is 12.4. The second kappa shape index (κ2) is 18.8. The molecule has 8 aliphatic rings. The standard InChI is InChI=1S/C30H44O5.C29H41NO4/c1-18(2)19(3)27(32)35-22-10-13-28(4)21(16-22)7-8-25-24(28)11-14-29(5)23(12-15-30(25,29)33)20-6-9-26(31)34-17-20;1-17(2)26(30)27(32)34-20-11-13-28(3)19(15-20)6-7-21-23-9-8-22(18-5-10-25(31)33-16-18)29(23,4)14-12-24(21)28/h6,9,17-19,21-25,33H,7-8,10-16H2,1-5H3;5,9-10,16-17,19-22,24,26H,6-8,11-15,30H2,1-4H3/t19-,21+,22-,23+,24-,25+,28-,29+,30-;19-,20+,21+,22-,24+,26+,28+,29-/m01/s1. The van der Waals surface area contributed by atoms with E-state index in [1.54, 1.807) is 24.2 Å². The summed E-state index contributed by atoms with van der Waals surface area (Å²) in [6.45, 7) is 19.8. The lowest BCUT2D eigenvalue weighted by Crippen LogP contribution is -2.62. The van der Waals surface area contributed by atoms with Crippen LogP contribution in [0.3, 0.4) is 0 Å². The highest BCUT2D eigenvalue weighted by Crippen LogP contribution is 2.71. The van der Waals surface area contributed by atoms with Gasteiger partial charge in [-0.25, -0.2) is 9.59 Å². The number of hydrogen-bond acceptors (Lipinski definition) is 10. The fourth-order valence-corrected chi connectivity index (χ4v) is 17.2. The van der Waals surface area contributed by atoms with Gasteiger partial charge in [0.15, 0.2) is 0 Å². The molecule has 0 radical (unpaired) electrons. The molecule has 380 valence electrons. The van der Waals surface area contributed by atoms with Crippen molar-refractivity contribution < 1.29 is 33.0 Å². The first-order chi connectivity index (χ1) is 32.6. The van der Waals surface area contributed by atoms with Crippen LogP contribution in [0.15, 0.2) is 66.9 Å². The lowest BCUT2D eigenvalue weighted by molar-refractivity contribution is -0.208. The Hall–Kier alpha value is -3.50. The van der Waals surface area contributed by atoms with E-state index >= 15 is 0 Å². The van der Waals surface area contributed by atoms with Crippen molar-refractivity contribution in [3.63, 3.8) is 0 Å². The molecule has 7 saturated carbocycles. The van der Waals surface area contributed by atoms with Crippen molar-refractivity contribution in [3.8, 4) is 0 Å². The minimum absolute atomic E-state index is 0.0172. The van der Waals surface area contributed by atoms with Crippen LogP contribution in [-0.2, 0) is 19.1 Å². The molecule has 0 spiro atoms. The topological polar surface area (TPSA) is 159 Å². The molecule has 0 saturated heterocycles. The van der Waals surface area contributed by atoms with Crippen LogP contribution in [0.5, 0.6) is 0 Å². The maximum atomic E-state index is 12.6. The third-order valence-electron chi connectivity index (χ3n) is 22.0. The molecule has 0 unspecified atom stereocenters. The van der Waals surface area contributed by atoms with Gasteiger partial charge < -0.3 is 29.1 Å². The highest BCUT2D eigenvalue weighted by Gasteiger charge is 2.67. The highest BCUT2D eigenvalue weighted by molar-refractivity contribution is 5.76. The van der Waals surface area contributed by atoms with E-state index in [-0.39, 0.29) is 69.4 Å². The first-order valence-corrected chi connectivity index (χ1v) is 27.4. The molecule has 0 aliphatic heterocycles. The van der Waals surface area contributed by atoms with Crippen LogP contribution in [0.25, 0.3) is 0 Å². The Morgan fingerprint density at radius 3 is 1.78 bits per heavy atom. The fraction of sp³-hybridized carbons (Fsp3) is 0.763. The Bertz CT molecular complexity index is 2330. The van der Waals surface area contributed by atoms with Gasteiger partial charge in [0.2, 0.25) is 0 Å². The van der Waals surface area contributed by atoms with Crippen molar-refractivity contribution in [2.45, 2.75) is 207 Å². The zero-order valence-corrected chi connectivity index (χ0v) is 43.4. The van der Waals surface area contributed by atoms with Gasteiger partial charge in [0.25, 0.3) is 0 Å². The van der Waals surface area contributed by atoms with Crippen LogP contribution >= 0.6 is 0 Å². The molecule has 17 atom stereocenters. The number of esters is 2. The summed E-state index contributed by atoms with van der Waals surface area (Å²) in [6, 6.07) is 6.42. The minimum Gasteiger partial charge on any atom is -0.462 e. The molecule has 69 heavy (non-hydrogen) atoms. The van der Waals surface area contributed by atoms with E-state index in [1.165, 1.54) is 31.7 Å². The van der Waals surface area contributed by atoms with Gasteiger partial charge in [-0.1, -0.05) is 74.0 Å². The predicted molar refractivity (Wildman–Crippen MR) is 267 cm³/mol. The highest BCUT2D eigenvalue weighted by atomic mass is 16.5. The van der Waals surface area contributed by atoms with Crippen LogP contribution in [0, 0.1) is 74.9 Å². The van der Waals surface area contributed by atoms with Crippen LogP contribution in [0.1, 0.15) is 194 Å². The Morgan fingerprint density at radius 1 is 0.638 bits per heavy atom. The van der Waals surface area contributed by atoms with Gasteiger partial charge in [0.05, 0.1) is 24.0 Å². The Morgan fingerprint density at radius 2 is 1.20 bits per heavy atom. The third-order valence-corrected chi connectivity index (χ3v) is 22.0. The summed E-state index contributed by atoms with van der Waals surface area (Å²) >= 11 is 0. The quantitative estimate of drug-likeness (QED) is 0.193. The summed E-state index contributed by atoms with van der Waals surface area (Å²) in [5.41, 5.74) is 9.12. The van der Waals surface area contributed by atoms with Gasteiger partial charge in [0, 0.05) is 17.5 Å². The van der Waals surface area contributed by atoms with Crippen LogP contribution < -0.4 is 17.0 Å². The van der Waals surface area contributed by atoms with E-state index in [9.17, 15) is 24.3 Å². The molecule has 10 heteroatoms. The number of carbonyl (C=O) groups is 2. The van der Waals surface area contributed by atoms with Gasteiger partial charge in [-0.2, -0.15) is 0 Å². The molecule has 0 aromatic carbocycles. The van der Waals surface area contributed by atoms with Crippen LogP contribution in [-0.4, -0.2) is 40.9 Å². The average Bonchev–Trinajstić information content (AvgIpc) is 3.82. The van der Waals surface area contributed by atoms with E-state index in [2.05, 4.69) is 47.6 Å².